The number of anilines is 4. The predicted octanol–water partition coefficient (Wildman–Crippen LogP) is 4.00. The number of aliphatic hydroxyl groups is 1. The molecule has 42 heavy (non-hydrogen) atoms. The van der Waals surface area contributed by atoms with Crippen LogP contribution in [0, 0.1) is 0 Å². The maximum atomic E-state index is 13.8. The number of nitrogens with zero attached hydrogens (tertiary/aromatic N) is 5. The van der Waals surface area contributed by atoms with E-state index in [-0.39, 0.29) is 16.0 Å². The Labute approximate surface area is 245 Å². The van der Waals surface area contributed by atoms with Gasteiger partial charge in [-0.3, -0.25) is 0 Å². The van der Waals surface area contributed by atoms with E-state index in [1.165, 1.54) is 0 Å². The van der Waals surface area contributed by atoms with Crippen LogP contribution in [0.4, 0.5) is 28.8 Å². The second kappa shape index (κ2) is 11.8. The Hall–Kier alpha value is -3.78. The highest BCUT2D eigenvalue weighted by molar-refractivity contribution is 7.92. The van der Waals surface area contributed by atoms with Crippen LogP contribution in [-0.2, 0) is 21.5 Å². The van der Waals surface area contributed by atoms with Crippen molar-refractivity contribution in [2.45, 2.75) is 51.3 Å². The summed E-state index contributed by atoms with van der Waals surface area (Å²) in [7, 11) is -3.85. The van der Waals surface area contributed by atoms with Gasteiger partial charge < -0.3 is 25.0 Å². The first-order valence-corrected chi connectivity index (χ1v) is 15.9. The SMILES string of the molecule is CCn1cnc2c(Nc3ccc(NS(=O)(=O)[N+]4(c5ccccc5)CCOCC4)cc3)nc(NC3CCC(O)CC3)nc21. The van der Waals surface area contributed by atoms with Gasteiger partial charge in [-0.1, -0.05) is 18.2 Å². The van der Waals surface area contributed by atoms with Crippen LogP contribution in [0.25, 0.3) is 11.2 Å². The molecule has 3 heterocycles. The number of benzene rings is 2. The van der Waals surface area contributed by atoms with Gasteiger partial charge >= 0.3 is 10.2 Å². The Bertz CT molecular complexity index is 1610. The van der Waals surface area contributed by atoms with Gasteiger partial charge in [-0.05, 0) is 56.9 Å². The number of hydrogen-bond acceptors (Lipinski definition) is 9. The molecule has 2 aliphatic rings. The predicted molar refractivity (Wildman–Crippen MR) is 164 cm³/mol. The number of rotatable bonds is 9. The Balaban J connectivity index is 1.23. The molecular formula is C29H37N8O4S+. The molecule has 0 amide bonds. The van der Waals surface area contributed by atoms with E-state index in [1.807, 2.05) is 54.0 Å². The first-order chi connectivity index (χ1) is 20.4. The first kappa shape index (κ1) is 28.3. The van der Waals surface area contributed by atoms with Crippen LogP contribution in [-0.4, -0.2) is 71.5 Å². The normalized spacial score (nSPS) is 20.7. The summed E-state index contributed by atoms with van der Waals surface area (Å²) in [4.78, 5) is 14.0. The van der Waals surface area contributed by atoms with Gasteiger partial charge in [-0.25, -0.2) is 9.71 Å². The van der Waals surface area contributed by atoms with Crippen LogP contribution in [0.15, 0.2) is 60.9 Å². The van der Waals surface area contributed by atoms with Gasteiger partial charge in [-0.15, -0.1) is 0 Å². The van der Waals surface area contributed by atoms with E-state index in [0.717, 1.165) is 37.0 Å². The van der Waals surface area contributed by atoms with Gasteiger partial charge in [0.1, 0.15) is 18.8 Å². The molecular weight excluding hydrogens is 556 g/mol. The summed E-state index contributed by atoms with van der Waals surface area (Å²) in [5.41, 5.74) is 3.27. The third-order valence-corrected chi connectivity index (χ3v) is 10.1. The fraction of sp³-hybridized carbons (Fsp3) is 0.414. The number of hydrogen-bond donors (Lipinski definition) is 4. The van der Waals surface area contributed by atoms with Crippen LogP contribution in [0.2, 0.25) is 0 Å². The molecule has 6 rings (SSSR count). The fourth-order valence-electron chi connectivity index (χ4n) is 5.70. The molecule has 4 N–H and O–H groups in total. The smallest absolute Gasteiger partial charge is 0.393 e. The fourth-order valence-corrected chi connectivity index (χ4v) is 7.34. The lowest BCUT2D eigenvalue weighted by Gasteiger charge is -2.38. The molecule has 2 aromatic carbocycles. The maximum Gasteiger partial charge on any atom is 0.399 e. The van der Waals surface area contributed by atoms with Crippen molar-refractivity contribution in [3.8, 4) is 0 Å². The van der Waals surface area contributed by atoms with E-state index in [1.54, 1.807) is 18.5 Å². The average molecular weight is 594 g/mol. The van der Waals surface area contributed by atoms with Crippen molar-refractivity contribution in [3.05, 3.63) is 60.9 Å². The molecule has 1 saturated heterocycles. The second-order valence-electron chi connectivity index (χ2n) is 10.8. The minimum absolute atomic E-state index is 0.192. The average Bonchev–Trinajstić information content (AvgIpc) is 3.43. The number of ether oxygens (including phenoxy) is 1. The molecule has 0 radical (unpaired) electrons. The highest BCUT2D eigenvalue weighted by atomic mass is 32.2. The molecule has 0 bridgehead atoms. The summed E-state index contributed by atoms with van der Waals surface area (Å²) in [5, 5.41) is 16.7. The van der Waals surface area contributed by atoms with Crippen molar-refractivity contribution in [3.63, 3.8) is 0 Å². The second-order valence-corrected chi connectivity index (χ2v) is 12.7. The summed E-state index contributed by atoms with van der Waals surface area (Å²) in [6.45, 7) is 4.12. The van der Waals surface area contributed by atoms with Crippen LogP contribution in [0.5, 0.6) is 0 Å². The first-order valence-electron chi connectivity index (χ1n) is 14.4. The molecule has 1 saturated carbocycles. The third-order valence-electron chi connectivity index (χ3n) is 8.11. The molecule has 222 valence electrons. The molecule has 0 unspecified atom stereocenters. The zero-order valence-corrected chi connectivity index (χ0v) is 24.4. The zero-order chi connectivity index (χ0) is 29.2. The van der Waals surface area contributed by atoms with Crippen molar-refractivity contribution < 1.29 is 18.3 Å². The van der Waals surface area contributed by atoms with Gasteiger partial charge in [0.15, 0.2) is 17.0 Å². The quantitative estimate of drug-likeness (QED) is 0.212. The van der Waals surface area contributed by atoms with E-state index in [2.05, 4.69) is 20.3 Å². The lowest BCUT2D eigenvalue weighted by atomic mass is 9.93. The standard InChI is InChI=1S/C29H37N8O4S/c1-2-36-20-30-26-27(33-29(34-28(26)36)32-22-12-14-25(38)15-13-22)31-21-8-10-23(11-9-21)35-42(39,40)37(16-18-41-19-17-37)24-6-4-3-5-7-24/h3-11,20,22,25,35,38H,2,12-19H2,1H3,(H2,31,32,33,34)/q+1. The number of para-hydroxylation sites is 1. The number of imidazole rings is 1. The Morgan fingerprint density at radius 3 is 2.36 bits per heavy atom. The van der Waals surface area contributed by atoms with Crippen molar-refractivity contribution in [1.82, 2.24) is 23.4 Å². The van der Waals surface area contributed by atoms with Crippen LogP contribution >= 0.6 is 0 Å². The lowest BCUT2D eigenvalue weighted by molar-refractivity contribution is 0.0747. The number of aliphatic hydroxyl groups excluding tert-OH is 1. The topological polar surface area (TPSA) is 143 Å². The van der Waals surface area contributed by atoms with E-state index < -0.39 is 10.2 Å². The van der Waals surface area contributed by atoms with E-state index in [0.29, 0.717) is 61.5 Å². The highest BCUT2D eigenvalue weighted by Gasteiger charge is 2.46. The van der Waals surface area contributed by atoms with Crippen molar-refractivity contribution >= 4 is 50.2 Å². The molecule has 12 nitrogen and oxygen atoms in total. The number of aromatic nitrogens is 4. The molecule has 13 heteroatoms. The summed E-state index contributed by atoms with van der Waals surface area (Å²) in [6, 6.07) is 16.6. The van der Waals surface area contributed by atoms with Gasteiger partial charge in [0.25, 0.3) is 0 Å². The number of nitrogens with one attached hydrogen (secondary N) is 3. The molecule has 2 aromatic heterocycles. The van der Waals surface area contributed by atoms with Crippen molar-refractivity contribution in [2.75, 3.05) is 41.7 Å². The number of morpholine rings is 1. The molecule has 1 aliphatic carbocycles. The Kier molecular flexibility index (Phi) is 7.99. The Morgan fingerprint density at radius 1 is 0.976 bits per heavy atom. The summed E-state index contributed by atoms with van der Waals surface area (Å²) < 4.78 is 37.6. The molecule has 0 atom stereocenters. The largest absolute Gasteiger partial charge is 0.399 e. The summed E-state index contributed by atoms with van der Waals surface area (Å²) in [6.07, 6.45) is 4.73. The highest BCUT2D eigenvalue weighted by Crippen LogP contribution is 2.31. The monoisotopic (exact) mass is 593 g/mol. The van der Waals surface area contributed by atoms with Gasteiger partial charge in [0.05, 0.1) is 31.3 Å². The minimum atomic E-state index is -3.85. The van der Waals surface area contributed by atoms with Gasteiger partial charge in [-0.2, -0.15) is 22.3 Å². The van der Waals surface area contributed by atoms with E-state index >= 15 is 0 Å². The number of quaternary nitrogens is 1. The van der Waals surface area contributed by atoms with E-state index in [4.69, 9.17) is 14.7 Å². The zero-order valence-electron chi connectivity index (χ0n) is 23.6. The Morgan fingerprint density at radius 2 is 1.67 bits per heavy atom. The van der Waals surface area contributed by atoms with E-state index in [9.17, 15) is 13.5 Å². The maximum absolute atomic E-state index is 13.8. The third kappa shape index (κ3) is 5.64. The van der Waals surface area contributed by atoms with Gasteiger partial charge in [0, 0.05) is 30.4 Å². The van der Waals surface area contributed by atoms with Crippen molar-refractivity contribution in [1.29, 1.82) is 0 Å². The van der Waals surface area contributed by atoms with Crippen LogP contribution in [0.1, 0.15) is 32.6 Å². The molecule has 2 fully saturated rings. The minimum Gasteiger partial charge on any atom is -0.393 e. The number of aryl methyl sites for hydroxylation is 1. The van der Waals surface area contributed by atoms with Crippen LogP contribution < -0.4 is 19.2 Å². The summed E-state index contributed by atoms with van der Waals surface area (Å²) >= 11 is 0. The molecule has 1 aliphatic heterocycles. The molecule has 4 aromatic rings. The lowest BCUT2D eigenvalue weighted by Crippen LogP contribution is -2.61. The molecule has 0 spiro atoms. The summed E-state index contributed by atoms with van der Waals surface area (Å²) in [5.74, 6) is 1.06. The number of fused-ring (bicyclic) bond motifs is 1. The van der Waals surface area contributed by atoms with Crippen LogP contribution in [0.3, 0.4) is 0 Å². The van der Waals surface area contributed by atoms with Gasteiger partial charge in [0.2, 0.25) is 5.95 Å². The van der Waals surface area contributed by atoms with Crippen molar-refractivity contribution in [2.24, 2.45) is 0 Å².